The SMILES string of the molecule is CCCC[C@H](NC(=O)[C@H](COC(C)=O)Cc1cccc2ccccc12)C(=O)N[C@@H](CC(C)C)[C@@H](O)CC(CC)C(=O)NCC(C)C. The van der Waals surface area contributed by atoms with Gasteiger partial charge in [-0.1, -0.05) is 96.8 Å². The van der Waals surface area contributed by atoms with Crippen LogP contribution in [0.4, 0.5) is 0 Å². The number of benzene rings is 2. The Bertz CT molecular complexity index is 1260. The third-order valence-corrected chi connectivity index (χ3v) is 8.28. The number of esters is 1. The Kier molecular flexibility index (Phi) is 16.8. The lowest BCUT2D eigenvalue weighted by atomic mass is 9.90. The molecule has 2 aromatic carbocycles. The van der Waals surface area contributed by atoms with Crippen molar-refractivity contribution in [3.63, 3.8) is 0 Å². The van der Waals surface area contributed by atoms with Gasteiger partial charge in [0.05, 0.1) is 18.1 Å². The molecule has 0 fully saturated rings. The molecule has 0 saturated heterocycles. The summed E-state index contributed by atoms with van der Waals surface area (Å²) in [5, 5.41) is 22.3. The summed E-state index contributed by atoms with van der Waals surface area (Å²) in [6.45, 7) is 13.8. The monoisotopic (exact) mass is 639 g/mol. The molecule has 0 spiro atoms. The van der Waals surface area contributed by atoms with Gasteiger partial charge in [-0.2, -0.15) is 0 Å². The normalized spacial score (nSPS) is 14.7. The Balaban J connectivity index is 2.24. The summed E-state index contributed by atoms with van der Waals surface area (Å²) >= 11 is 0. The van der Waals surface area contributed by atoms with Crippen LogP contribution < -0.4 is 16.0 Å². The fourth-order valence-electron chi connectivity index (χ4n) is 5.62. The van der Waals surface area contributed by atoms with E-state index in [0.29, 0.717) is 44.6 Å². The van der Waals surface area contributed by atoms with Crippen LogP contribution in [0, 0.1) is 23.7 Å². The molecule has 46 heavy (non-hydrogen) atoms. The Morgan fingerprint density at radius 3 is 2.15 bits per heavy atom. The lowest BCUT2D eigenvalue weighted by Gasteiger charge is -2.30. The van der Waals surface area contributed by atoms with Crippen molar-refractivity contribution in [3.05, 3.63) is 48.0 Å². The number of carbonyl (C=O) groups excluding carboxylic acids is 4. The van der Waals surface area contributed by atoms with Gasteiger partial charge in [-0.05, 0) is 60.3 Å². The van der Waals surface area contributed by atoms with Gasteiger partial charge in [0.15, 0.2) is 0 Å². The third kappa shape index (κ3) is 13.1. The molecule has 1 unspecified atom stereocenters. The van der Waals surface area contributed by atoms with E-state index in [9.17, 15) is 24.3 Å². The van der Waals surface area contributed by atoms with E-state index in [2.05, 4.69) is 16.0 Å². The molecule has 5 atom stereocenters. The highest BCUT2D eigenvalue weighted by molar-refractivity contribution is 5.90. The Labute approximate surface area is 275 Å². The van der Waals surface area contributed by atoms with Crippen LogP contribution in [0.2, 0.25) is 0 Å². The fourth-order valence-corrected chi connectivity index (χ4v) is 5.62. The summed E-state index contributed by atoms with van der Waals surface area (Å²) in [5.74, 6) is -1.93. The van der Waals surface area contributed by atoms with Crippen LogP contribution in [0.15, 0.2) is 42.5 Å². The maximum Gasteiger partial charge on any atom is 0.302 e. The van der Waals surface area contributed by atoms with E-state index in [0.717, 1.165) is 22.8 Å². The van der Waals surface area contributed by atoms with Crippen LogP contribution in [0.5, 0.6) is 0 Å². The highest BCUT2D eigenvalue weighted by atomic mass is 16.5. The molecule has 0 aliphatic carbocycles. The third-order valence-electron chi connectivity index (χ3n) is 8.28. The number of hydrogen-bond donors (Lipinski definition) is 4. The number of aliphatic hydroxyl groups excluding tert-OH is 1. The van der Waals surface area contributed by atoms with Crippen molar-refractivity contribution in [2.75, 3.05) is 13.2 Å². The Morgan fingerprint density at radius 2 is 1.52 bits per heavy atom. The maximum atomic E-state index is 13.8. The predicted octanol–water partition coefficient (Wildman–Crippen LogP) is 5.32. The maximum absolute atomic E-state index is 13.8. The molecular weight excluding hydrogens is 582 g/mol. The number of aliphatic hydroxyl groups is 1. The van der Waals surface area contributed by atoms with Crippen LogP contribution >= 0.6 is 0 Å². The number of unbranched alkanes of at least 4 members (excludes halogenated alkanes) is 1. The highest BCUT2D eigenvalue weighted by Gasteiger charge is 2.32. The van der Waals surface area contributed by atoms with Crippen molar-refractivity contribution >= 4 is 34.5 Å². The predicted molar refractivity (Wildman–Crippen MR) is 183 cm³/mol. The Morgan fingerprint density at radius 1 is 0.826 bits per heavy atom. The first-order valence-electron chi connectivity index (χ1n) is 17.0. The second kappa shape index (κ2) is 19.9. The molecule has 0 radical (unpaired) electrons. The summed E-state index contributed by atoms with van der Waals surface area (Å²) in [6.07, 6.45) is 2.65. The van der Waals surface area contributed by atoms with Crippen molar-refractivity contribution < 1.29 is 29.0 Å². The summed E-state index contributed by atoms with van der Waals surface area (Å²) in [7, 11) is 0. The van der Waals surface area contributed by atoms with Crippen molar-refractivity contribution in [1.29, 1.82) is 0 Å². The van der Waals surface area contributed by atoms with Crippen LogP contribution in [0.1, 0.15) is 92.6 Å². The summed E-state index contributed by atoms with van der Waals surface area (Å²) < 4.78 is 5.30. The van der Waals surface area contributed by atoms with Gasteiger partial charge in [-0.25, -0.2) is 0 Å². The summed E-state index contributed by atoms with van der Waals surface area (Å²) in [6, 6.07) is 12.4. The van der Waals surface area contributed by atoms with Crippen LogP contribution in [0.3, 0.4) is 0 Å². The minimum Gasteiger partial charge on any atom is -0.465 e. The lowest BCUT2D eigenvalue weighted by Crippen LogP contribution is -2.54. The summed E-state index contributed by atoms with van der Waals surface area (Å²) in [5.41, 5.74) is 0.947. The number of amides is 3. The van der Waals surface area contributed by atoms with Gasteiger partial charge in [0.25, 0.3) is 0 Å². The summed E-state index contributed by atoms with van der Waals surface area (Å²) in [4.78, 5) is 52.1. The molecule has 3 amide bonds. The largest absolute Gasteiger partial charge is 0.465 e. The van der Waals surface area contributed by atoms with Gasteiger partial charge in [0.1, 0.15) is 12.6 Å². The number of nitrogens with one attached hydrogen (secondary N) is 3. The second-order valence-electron chi connectivity index (χ2n) is 13.3. The van der Waals surface area contributed by atoms with Crippen LogP contribution in [-0.2, 0) is 30.3 Å². The molecule has 0 heterocycles. The minimum absolute atomic E-state index is 0.0945. The number of hydrogen-bond acceptors (Lipinski definition) is 6. The standard InChI is InChI=1S/C37H57N3O6/c1-8-10-18-32(37(45)40-33(19-24(3)4)34(42)21-27(9-2)35(43)38-22-25(5)6)39-36(44)30(23-46-26(7)41)20-29-16-13-15-28-14-11-12-17-31(28)29/h11-17,24-25,27,30,32-34,42H,8-10,18-23H2,1-7H3,(H,38,43)(H,39,44)(H,40,45)/t27?,30-,32-,33-,34-/m0/s1. The average molecular weight is 640 g/mol. The zero-order valence-electron chi connectivity index (χ0n) is 28.9. The zero-order valence-corrected chi connectivity index (χ0v) is 28.9. The number of fused-ring (bicyclic) bond motifs is 1. The van der Waals surface area contributed by atoms with Crippen molar-refractivity contribution in [2.24, 2.45) is 23.7 Å². The van der Waals surface area contributed by atoms with E-state index in [1.54, 1.807) is 0 Å². The van der Waals surface area contributed by atoms with Crippen molar-refractivity contribution in [3.8, 4) is 0 Å². The first kappa shape index (κ1) is 38.7. The molecule has 0 bridgehead atoms. The highest BCUT2D eigenvalue weighted by Crippen LogP contribution is 2.23. The minimum atomic E-state index is -0.938. The van der Waals surface area contributed by atoms with Gasteiger partial charge in [0.2, 0.25) is 17.7 Å². The van der Waals surface area contributed by atoms with Gasteiger partial charge in [-0.15, -0.1) is 0 Å². The quantitative estimate of drug-likeness (QED) is 0.145. The molecule has 0 aliphatic heterocycles. The molecule has 4 N–H and O–H groups in total. The van der Waals surface area contributed by atoms with E-state index in [-0.39, 0.29) is 42.6 Å². The molecule has 0 aromatic heterocycles. The van der Waals surface area contributed by atoms with E-state index in [4.69, 9.17) is 4.74 Å². The first-order valence-corrected chi connectivity index (χ1v) is 17.0. The number of carbonyl (C=O) groups is 4. The van der Waals surface area contributed by atoms with E-state index in [1.165, 1.54) is 6.92 Å². The molecule has 2 aromatic rings. The van der Waals surface area contributed by atoms with E-state index >= 15 is 0 Å². The number of ether oxygens (including phenoxy) is 1. The van der Waals surface area contributed by atoms with Gasteiger partial charge in [0, 0.05) is 19.4 Å². The van der Waals surface area contributed by atoms with Gasteiger partial charge in [-0.3, -0.25) is 19.2 Å². The molecule has 256 valence electrons. The fraction of sp³-hybridized carbons (Fsp3) is 0.622. The van der Waals surface area contributed by atoms with Crippen molar-refractivity contribution in [2.45, 2.75) is 112 Å². The lowest BCUT2D eigenvalue weighted by molar-refractivity contribution is -0.144. The zero-order chi connectivity index (χ0) is 34.2. The molecule has 0 saturated carbocycles. The molecule has 9 heteroatoms. The molecular formula is C37H57N3O6. The van der Waals surface area contributed by atoms with Crippen LogP contribution in [0.25, 0.3) is 10.8 Å². The average Bonchev–Trinajstić information content (AvgIpc) is 3.01. The van der Waals surface area contributed by atoms with Gasteiger partial charge < -0.3 is 25.8 Å². The number of rotatable bonds is 20. The van der Waals surface area contributed by atoms with E-state index in [1.807, 2.05) is 84.0 Å². The van der Waals surface area contributed by atoms with Gasteiger partial charge >= 0.3 is 5.97 Å². The Hall–Kier alpha value is -3.46. The molecule has 0 aliphatic rings. The second-order valence-corrected chi connectivity index (χ2v) is 13.3. The van der Waals surface area contributed by atoms with Crippen LogP contribution in [-0.4, -0.2) is 60.1 Å². The molecule has 2 rings (SSSR count). The van der Waals surface area contributed by atoms with E-state index < -0.39 is 30.1 Å². The topological polar surface area (TPSA) is 134 Å². The van der Waals surface area contributed by atoms with Crippen molar-refractivity contribution in [1.82, 2.24) is 16.0 Å². The smallest absolute Gasteiger partial charge is 0.302 e. The first-order chi connectivity index (χ1) is 21.9. The molecule has 9 nitrogen and oxygen atoms in total.